The molecule has 5 N–H and O–H groups in total. The van der Waals surface area contributed by atoms with E-state index in [0.29, 0.717) is 5.82 Å². The van der Waals surface area contributed by atoms with Crippen LogP contribution < -0.4 is 21.7 Å². The normalized spacial score (nSPS) is 20.1. The Hall–Kier alpha value is -4.01. The van der Waals surface area contributed by atoms with Gasteiger partial charge in [-0.15, -0.1) is 0 Å². The first-order valence-corrected chi connectivity index (χ1v) is 10.9. The van der Waals surface area contributed by atoms with Crippen molar-refractivity contribution in [2.45, 2.75) is 38.3 Å². The first-order chi connectivity index (χ1) is 15.9. The van der Waals surface area contributed by atoms with E-state index in [0.717, 1.165) is 35.9 Å². The lowest BCUT2D eigenvalue weighted by atomic mass is 9.81. The summed E-state index contributed by atoms with van der Waals surface area (Å²) in [6, 6.07) is 9.62. The third-order valence-corrected chi connectivity index (χ3v) is 6.02. The Morgan fingerprint density at radius 2 is 2.00 bits per heavy atom. The van der Waals surface area contributed by atoms with Crippen molar-refractivity contribution >= 4 is 40.0 Å². The summed E-state index contributed by atoms with van der Waals surface area (Å²) in [4.78, 5) is 36.9. The van der Waals surface area contributed by atoms with Crippen LogP contribution in [0.5, 0.6) is 0 Å². The van der Waals surface area contributed by atoms with Gasteiger partial charge in [0, 0.05) is 29.4 Å². The van der Waals surface area contributed by atoms with Crippen LogP contribution in [0.3, 0.4) is 0 Å². The summed E-state index contributed by atoms with van der Waals surface area (Å²) in [5.41, 5.74) is 7.19. The van der Waals surface area contributed by atoms with E-state index in [9.17, 15) is 9.59 Å². The SMILES string of the molecule is C=CC(=O)NC1CCC[C@@H](Nc2cnc(C(N)=O)c(Nc3ccc4ncccc4c3)n2)[C@H]1C. The molecule has 1 fully saturated rings. The van der Waals surface area contributed by atoms with E-state index in [-0.39, 0.29) is 35.4 Å². The highest BCUT2D eigenvalue weighted by atomic mass is 16.2. The molecule has 2 aromatic heterocycles. The predicted molar refractivity (Wildman–Crippen MR) is 128 cm³/mol. The molecule has 0 aliphatic heterocycles. The highest BCUT2D eigenvalue weighted by Crippen LogP contribution is 2.28. The number of primary amides is 1. The molecule has 170 valence electrons. The Kier molecular flexibility index (Phi) is 6.48. The zero-order chi connectivity index (χ0) is 23.4. The van der Waals surface area contributed by atoms with Gasteiger partial charge in [0.05, 0.1) is 11.7 Å². The highest BCUT2D eigenvalue weighted by Gasteiger charge is 2.31. The standard InChI is InChI=1S/C24H27N7O2/c1-3-21(32)30-18-8-4-7-17(14(18)2)29-20-13-27-22(23(25)33)24(31-20)28-16-9-10-19-15(12-16)6-5-11-26-19/h3,5-6,9-14,17-18H,1,4,7-8H2,2H3,(H2,25,33)(H,30,32)(H2,28,29,31)/t14-,17-,18?/m1/s1. The van der Waals surface area contributed by atoms with E-state index in [1.807, 2.05) is 30.3 Å². The Bertz CT molecular complexity index is 1200. The second-order valence-electron chi connectivity index (χ2n) is 8.21. The maximum absolute atomic E-state index is 12.0. The van der Waals surface area contributed by atoms with Crippen molar-refractivity contribution in [2.75, 3.05) is 10.6 Å². The molecule has 1 saturated carbocycles. The van der Waals surface area contributed by atoms with E-state index in [1.54, 1.807) is 6.20 Å². The maximum Gasteiger partial charge on any atom is 0.271 e. The molecule has 9 nitrogen and oxygen atoms in total. The Morgan fingerprint density at radius 1 is 1.18 bits per heavy atom. The third kappa shape index (κ3) is 5.08. The number of carbonyl (C=O) groups is 2. The first-order valence-electron chi connectivity index (χ1n) is 10.9. The van der Waals surface area contributed by atoms with E-state index >= 15 is 0 Å². The average Bonchev–Trinajstić information content (AvgIpc) is 2.81. The van der Waals surface area contributed by atoms with Gasteiger partial charge in [-0.1, -0.05) is 19.6 Å². The van der Waals surface area contributed by atoms with Crippen molar-refractivity contribution in [1.82, 2.24) is 20.3 Å². The molecule has 9 heteroatoms. The Labute approximate surface area is 191 Å². The molecular formula is C24H27N7O2. The number of hydrogen-bond acceptors (Lipinski definition) is 7. The maximum atomic E-state index is 12.0. The number of nitrogens with one attached hydrogen (secondary N) is 3. The van der Waals surface area contributed by atoms with Crippen molar-refractivity contribution < 1.29 is 9.59 Å². The van der Waals surface area contributed by atoms with Gasteiger partial charge in [0.1, 0.15) is 5.82 Å². The van der Waals surface area contributed by atoms with Crippen LogP contribution in [-0.2, 0) is 4.79 Å². The van der Waals surface area contributed by atoms with Gasteiger partial charge in [-0.3, -0.25) is 14.6 Å². The van der Waals surface area contributed by atoms with E-state index in [1.165, 1.54) is 12.3 Å². The molecule has 1 aliphatic rings. The quantitative estimate of drug-likeness (QED) is 0.410. The predicted octanol–water partition coefficient (Wildman–Crippen LogP) is 3.14. The van der Waals surface area contributed by atoms with Crippen LogP contribution in [0.15, 0.2) is 55.4 Å². The summed E-state index contributed by atoms with van der Waals surface area (Å²) < 4.78 is 0. The number of nitrogens with zero attached hydrogens (tertiary/aromatic N) is 3. The minimum atomic E-state index is -0.669. The summed E-state index contributed by atoms with van der Waals surface area (Å²) >= 11 is 0. The second-order valence-corrected chi connectivity index (χ2v) is 8.21. The molecule has 2 heterocycles. The van der Waals surface area contributed by atoms with Gasteiger partial charge in [0.15, 0.2) is 11.5 Å². The fourth-order valence-corrected chi connectivity index (χ4v) is 4.22. The lowest BCUT2D eigenvalue weighted by Gasteiger charge is -2.37. The number of pyridine rings is 1. The van der Waals surface area contributed by atoms with E-state index in [4.69, 9.17) is 5.73 Å². The van der Waals surface area contributed by atoms with Crippen LogP contribution in [0.4, 0.5) is 17.3 Å². The molecule has 2 amide bonds. The van der Waals surface area contributed by atoms with Crippen LogP contribution in [-0.4, -0.2) is 38.8 Å². The number of anilines is 3. The Balaban J connectivity index is 1.56. The molecule has 0 radical (unpaired) electrons. The van der Waals surface area contributed by atoms with Crippen LogP contribution in [0.1, 0.15) is 36.7 Å². The minimum absolute atomic E-state index is 0.0448. The van der Waals surface area contributed by atoms with Crippen molar-refractivity contribution in [3.63, 3.8) is 0 Å². The molecule has 0 bridgehead atoms. The van der Waals surface area contributed by atoms with Gasteiger partial charge < -0.3 is 21.7 Å². The summed E-state index contributed by atoms with van der Waals surface area (Å²) in [6.07, 6.45) is 7.34. The minimum Gasteiger partial charge on any atom is -0.366 e. The number of rotatable bonds is 7. The van der Waals surface area contributed by atoms with Crippen LogP contribution in [0.25, 0.3) is 10.9 Å². The molecule has 1 aliphatic carbocycles. The fraction of sp³-hybridized carbons (Fsp3) is 0.292. The molecule has 3 atom stereocenters. The summed E-state index contributed by atoms with van der Waals surface area (Å²) in [7, 11) is 0. The average molecular weight is 446 g/mol. The van der Waals surface area contributed by atoms with Gasteiger partial charge in [-0.25, -0.2) is 9.97 Å². The van der Waals surface area contributed by atoms with Gasteiger partial charge in [0.25, 0.3) is 5.91 Å². The van der Waals surface area contributed by atoms with Gasteiger partial charge in [-0.05, 0) is 55.5 Å². The van der Waals surface area contributed by atoms with E-state index in [2.05, 4.69) is 44.4 Å². The number of benzene rings is 1. The second kappa shape index (κ2) is 9.64. The molecular weight excluding hydrogens is 418 g/mol. The number of nitrogens with two attached hydrogens (primary N) is 1. The summed E-state index contributed by atoms with van der Waals surface area (Å²) in [6.45, 7) is 5.62. The van der Waals surface area contributed by atoms with Crippen LogP contribution in [0, 0.1) is 5.92 Å². The smallest absolute Gasteiger partial charge is 0.271 e. The molecule has 4 rings (SSSR count). The molecule has 33 heavy (non-hydrogen) atoms. The van der Waals surface area contributed by atoms with Gasteiger partial charge in [0.2, 0.25) is 5.91 Å². The van der Waals surface area contributed by atoms with Crippen molar-refractivity contribution in [3.05, 3.63) is 61.1 Å². The number of aromatic nitrogens is 3. The zero-order valence-electron chi connectivity index (χ0n) is 18.4. The van der Waals surface area contributed by atoms with Crippen LogP contribution in [0.2, 0.25) is 0 Å². The van der Waals surface area contributed by atoms with E-state index < -0.39 is 5.91 Å². The molecule has 0 saturated heterocycles. The lowest BCUT2D eigenvalue weighted by molar-refractivity contribution is -0.117. The third-order valence-electron chi connectivity index (χ3n) is 6.02. The van der Waals surface area contributed by atoms with Crippen molar-refractivity contribution in [3.8, 4) is 0 Å². The molecule has 1 unspecified atom stereocenters. The fourth-order valence-electron chi connectivity index (χ4n) is 4.22. The number of amides is 2. The summed E-state index contributed by atoms with van der Waals surface area (Å²) in [5.74, 6) is 0.130. The highest BCUT2D eigenvalue weighted by molar-refractivity contribution is 5.96. The van der Waals surface area contributed by atoms with Gasteiger partial charge >= 0.3 is 0 Å². The molecule has 0 spiro atoms. The van der Waals surface area contributed by atoms with Gasteiger partial charge in [-0.2, -0.15) is 0 Å². The number of carbonyl (C=O) groups excluding carboxylic acids is 2. The largest absolute Gasteiger partial charge is 0.366 e. The van der Waals surface area contributed by atoms with Crippen molar-refractivity contribution in [1.29, 1.82) is 0 Å². The topological polar surface area (TPSA) is 135 Å². The Morgan fingerprint density at radius 3 is 2.79 bits per heavy atom. The lowest BCUT2D eigenvalue weighted by Crippen LogP contribution is -2.48. The summed E-state index contributed by atoms with van der Waals surface area (Å²) in [5, 5.41) is 10.5. The monoisotopic (exact) mass is 445 g/mol. The number of hydrogen-bond donors (Lipinski definition) is 4. The zero-order valence-corrected chi connectivity index (χ0v) is 18.4. The molecule has 3 aromatic rings. The van der Waals surface area contributed by atoms with Crippen LogP contribution >= 0.6 is 0 Å². The number of fused-ring (bicyclic) bond motifs is 1. The van der Waals surface area contributed by atoms with Crippen molar-refractivity contribution in [2.24, 2.45) is 11.7 Å². The first kappa shape index (κ1) is 22.2. The molecule has 1 aromatic carbocycles.